The number of nitrogens with one attached hydrogen (secondary N) is 1. The maximum absolute atomic E-state index is 12.4. The van der Waals surface area contributed by atoms with Gasteiger partial charge in [-0.2, -0.15) is 0 Å². The molecule has 0 radical (unpaired) electrons. The average molecular weight is 446 g/mol. The number of para-hydroxylation sites is 1. The normalized spacial score (nSPS) is 10.9. The maximum atomic E-state index is 12.4. The van der Waals surface area contributed by atoms with Crippen molar-refractivity contribution in [2.75, 3.05) is 6.54 Å². The number of carbonyl (C=O) groups is 1. The predicted molar refractivity (Wildman–Crippen MR) is 128 cm³/mol. The Hall–Kier alpha value is -3.58. The summed E-state index contributed by atoms with van der Waals surface area (Å²) in [6.45, 7) is 3.22. The Labute approximate surface area is 190 Å². The third-order valence-electron chi connectivity index (χ3n) is 5.38. The van der Waals surface area contributed by atoms with Crippen LogP contribution in [0.25, 0.3) is 10.9 Å². The Morgan fingerprint density at radius 2 is 1.75 bits per heavy atom. The summed E-state index contributed by atoms with van der Waals surface area (Å²) in [5.41, 5.74) is 4.12. The second-order valence-corrected chi connectivity index (χ2v) is 8.50. The second-order valence-electron chi connectivity index (χ2n) is 7.48. The highest BCUT2D eigenvalue weighted by atomic mass is 32.2. The molecule has 0 saturated carbocycles. The van der Waals surface area contributed by atoms with Crippen LogP contribution in [-0.4, -0.2) is 21.9 Å². The zero-order valence-electron chi connectivity index (χ0n) is 17.7. The largest absolute Gasteiger partial charge is 0.350 e. The van der Waals surface area contributed by atoms with E-state index in [4.69, 9.17) is 0 Å². The molecule has 6 nitrogen and oxygen atoms in total. The highest BCUT2D eigenvalue weighted by Crippen LogP contribution is 2.32. The topological polar surface area (TPSA) is 77.2 Å². The fraction of sp³-hybridized carbons (Fsp3) is 0.160. The summed E-state index contributed by atoms with van der Waals surface area (Å²) in [5.74, 6) is 0.655. The van der Waals surface area contributed by atoms with Gasteiger partial charge in [-0.25, -0.2) is 0 Å². The Morgan fingerprint density at radius 3 is 2.50 bits per heavy atom. The van der Waals surface area contributed by atoms with Crippen LogP contribution in [0.4, 0.5) is 5.69 Å². The zero-order valence-corrected chi connectivity index (χ0v) is 18.5. The van der Waals surface area contributed by atoms with Gasteiger partial charge in [0.1, 0.15) is 0 Å². The maximum Gasteiger partial charge on any atom is 0.269 e. The molecule has 1 heterocycles. The molecule has 32 heavy (non-hydrogen) atoms. The molecule has 0 unspecified atom stereocenters. The number of benzene rings is 3. The van der Waals surface area contributed by atoms with Crippen LogP contribution in [0.2, 0.25) is 0 Å². The first-order valence-corrected chi connectivity index (χ1v) is 11.3. The molecule has 0 fully saturated rings. The minimum atomic E-state index is -0.479. The van der Waals surface area contributed by atoms with Crippen LogP contribution in [0.1, 0.15) is 21.5 Å². The molecule has 7 heteroatoms. The van der Waals surface area contributed by atoms with Crippen molar-refractivity contribution in [3.8, 4) is 0 Å². The first kappa shape index (κ1) is 21.6. The van der Waals surface area contributed by atoms with Crippen molar-refractivity contribution in [3.63, 3.8) is 0 Å². The Bertz CT molecular complexity index is 1270. The molecule has 1 amide bonds. The lowest BCUT2D eigenvalue weighted by atomic mass is 10.1. The number of thioether (sulfide) groups is 1. The Balaban J connectivity index is 1.42. The van der Waals surface area contributed by atoms with Crippen LogP contribution >= 0.6 is 11.8 Å². The number of rotatable bonds is 8. The summed E-state index contributed by atoms with van der Waals surface area (Å²) in [7, 11) is 0. The second kappa shape index (κ2) is 9.70. The smallest absolute Gasteiger partial charge is 0.269 e. The van der Waals surface area contributed by atoms with Crippen molar-refractivity contribution in [2.24, 2.45) is 0 Å². The standard InChI is InChI=1S/C25H23N3O3S/c1-18-6-2-3-7-20(18)17-32-24-16-27(23-9-5-4-8-22(23)24)15-14-26-25(29)19-10-12-21(13-11-19)28(30)31/h2-13,16H,14-15,17H2,1H3,(H,26,29). The number of nitro groups is 1. The molecule has 0 spiro atoms. The first-order chi connectivity index (χ1) is 15.5. The monoisotopic (exact) mass is 445 g/mol. The molecule has 1 N–H and O–H groups in total. The van der Waals surface area contributed by atoms with E-state index in [2.05, 4.69) is 59.4 Å². The number of amides is 1. The van der Waals surface area contributed by atoms with Crippen molar-refractivity contribution >= 4 is 34.3 Å². The van der Waals surface area contributed by atoms with E-state index in [0.717, 1.165) is 11.3 Å². The summed E-state index contributed by atoms with van der Waals surface area (Å²) in [5, 5.41) is 14.9. The number of aromatic nitrogens is 1. The lowest BCUT2D eigenvalue weighted by molar-refractivity contribution is -0.384. The number of carbonyl (C=O) groups excluding carboxylic acids is 1. The van der Waals surface area contributed by atoms with E-state index in [0.29, 0.717) is 18.7 Å². The molecule has 0 aliphatic carbocycles. The van der Waals surface area contributed by atoms with Crippen LogP contribution in [0.3, 0.4) is 0 Å². The molecular formula is C25H23N3O3S. The van der Waals surface area contributed by atoms with Gasteiger partial charge in [0.25, 0.3) is 11.6 Å². The number of hydrogen-bond donors (Lipinski definition) is 1. The molecule has 0 aliphatic rings. The number of non-ortho nitro benzene ring substituents is 1. The average Bonchev–Trinajstić information content (AvgIpc) is 3.16. The van der Waals surface area contributed by atoms with Crippen molar-refractivity contribution in [2.45, 2.75) is 24.1 Å². The van der Waals surface area contributed by atoms with E-state index in [9.17, 15) is 14.9 Å². The molecule has 162 valence electrons. The van der Waals surface area contributed by atoms with Gasteiger partial charge in [-0.05, 0) is 36.2 Å². The third-order valence-corrected chi connectivity index (χ3v) is 6.47. The van der Waals surface area contributed by atoms with E-state index in [1.165, 1.54) is 45.7 Å². The van der Waals surface area contributed by atoms with Gasteiger partial charge in [-0.1, -0.05) is 42.5 Å². The van der Waals surface area contributed by atoms with Gasteiger partial charge < -0.3 is 9.88 Å². The van der Waals surface area contributed by atoms with Crippen LogP contribution in [-0.2, 0) is 12.3 Å². The Kier molecular flexibility index (Phi) is 6.56. The molecule has 0 bridgehead atoms. The number of aryl methyl sites for hydroxylation is 1. The van der Waals surface area contributed by atoms with E-state index >= 15 is 0 Å². The van der Waals surface area contributed by atoms with Crippen LogP contribution in [0.5, 0.6) is 0 Å². The van der Waals surface area contributed by atoms with E-state index < -0.39 is 4.92 Å². The molecule has 4 rings (SSSR count). The molecule has 0 atom stereocenters. The van der Waals surface area contributed by atoms with Crippen LogP contribution in [0, 0.1) is 17.0 Å². The van der Waals surface area contributed by atoms with E-state index in [1.54, 1.807) is 0 Å². The lowest BCUT2D eigenvalue weighted by Gasteiger charge is -2.07. The molecule has 0 aliphatic heterocycles. The van der Waals surface area contributed by atoms with Gasteiger partial charge >= 0.3 is 0 Å². The van der Waals surface area contributed by atoms with Gasteiger partial charge in [0.05, 0.1) is 4.92 Å². The summed E-state index contributed by atoms with van der Waals surface area (Å²) < 4.78 is 2.16. The van der Waals surface area contributed by atoms with Gasteiger partial charge in [0.2, 0.25) is 0 Å². The van der Waals surface area contributed by atoms with E-state index in [1.807, 2.05) is 23.9 Å². The quantitative estimate of drug-likeness (QED) is 0.218. The SMILES string of the molecule is Cc1ccccc1CSc1cn(CCNC(=O)c2ccc([N+](=O)[O-])cc2)c2ccccc12. The zero-order chi connectivity index (χ0) is 22.5. The fourth-order valence-electron chi connectivity index (χ4n) is 3.57. The van der Waals surface area contributed by atoms with E-state index in [-0.39, 0.29) is 11.6 Å². The van der Waals surface area contributed by atoms with Crippen LogP contribution in [0.15, 0.2) is 83.9 Å². The van der Waals surface area contributed by atoms with Gasteiger partial charge in [-0.3, -0.25) is 14.9 Å². The highest BCUT2D eigenvalue weighted by molar-refractivity contribution is 7.98. The molecular weight excluding hydrogens is 422 g/mol. The van der Waals surface area contributed by atoms with Crippen molar-refractivity contribution in [3.05, 3.63) is 106 Å². The summed E-state index contributed by atoms with van der Waals surface area (Å²) in [6.07, 6.45) is 2.14. The van der Waals surface area contributed by atoms with Crippen LogP contribution < -0.4 is 5.32 Å². The van der Waals surface area contributed by atoms with Crippen molar-refractivity contribution < 1.29 is 9.72 Å². The Morgan fingerprint density at radius 1 is 1.03 bits per heavy atom. The van der Waals surface area contributed by atoms with Gasteiger partial charge in [-0.15, -0.1) is 11.8 Å². The molecule has 4 aromatic rings. The molecule has 3 aromatic carbocycles. The predicted octanol–water partition coefficient (Wildman–Crippen LogP) is 5.58. The van der Waals surface area contributed by atoms with Crippen molar-refractivity contribution in [1.29, 1.82) is 0 Å². The minimum absolute atomic E-state index is 0.0314. The highest BCUT2D eigenvalue weighted by Gasteiger charge is 2.11. The lowest BCUT2D eigenvalue weighted by Crippen LogP contribution is -2.27. The number of hydrogen-bond acceptors (Lipinski definition) is 4. The summed E-state index contributed by atoms with van der Waals surface area (Å²) in [6, 6.07) is 22.3. The number of nitrogens with zero attached hydrogens (tertiary/aromatic N) is 2. The summed E-state index contributed by atoms with van der Waals surface area (Å²) >= 11 is 1.82. The van der Waals surface area contributed by atoms with Gasteiger partial charge in [0.15, 0.2) is 0 Å². The number of nitro benzene ring substituents is 1. The third kappa shape index (κ3) is 4.84. The summed E-state index contributed by atoms with van der Waals surface area (Å²) in [4.78, 5) is 23.9. The minimum Gasteiger partial charge on any atom is -0.350 e. The number of fused-ring (bicyclic) bond motifs is 1. The fourth-order valence-corrected chi connectivity index (χ4v) is 4.73. The van der Waals surface area contributed by atoms with Gasteiger partial charge in [0, 0.05) is 58.5 Å². The first-order valence-electron chi connectivity index (χ1n) is 10.3. The molecule has 0 saturated heterocycles. The van der Waals surface area contributed by atoms with Crippen molar-refractivity contribution in [1.82, 2.24) is 9.88 Å². The molecule has 1 aromatic heterocycles.